The molecule has 5 nitrogen and oxygen atoms in total. The Bertz CT molecular complexity index is 1080. The van der Waals surface area contributed by atoms with E-state index in [-0.39, 0.29) is 17.6 Å². The Morgan fingerprint density at radius 1 is 0.968 bits per heavy atom. The van der Waals surface area contributed by atoms with Crippen LogP contribution in [0, 0.1) is 13.8 Å². The lowest BCUT2D eigenvalue weighted by atomic mass is 10.1. The molecule has 0 saturated carbocycles. The Kier molecular flexibility index (Phi) is 7.60. The highest BCUT2D eigenvalue weighted by atomic mass is 35.5. The fourth-order valence-electron chi connectivity index (χ4n) is 2.81. The van der Waals surface area contributed by atoms with Gasteiger partial charge in [-0.15, -0.1) is 11.8 Å². The number of aryl methyl sites for hydroxylation is 2. The molecule has 3 aromatic rings. The van der Waals surface area contributed by atoms with Gasteiger partial charge in [-0.2, -0.15) is 0 Å². The number of halogens is 1. The summed E-state index contributed by atoms with van der Waals surface area (Å²) in [6.07, 6.45) is 0. The molecule has 0 fully saturated rings. The minimum Gasteiger partial charge on any atom is -0.495 e. The molecule has 31 heavy (non-hydrogen) atoms. The summed E-state index contributed by atoms with van der Waals surface area (Å²) in [6, 6.07) is 18.2. The number of benzene rings is 3. The predicted octanol–water partition coefficient (Wildman–Crippen LogP) is 5.95. The van der Waals surface area contributed by atoms with E-state index in [0.717, 1.165) is 16.0 Å². The molecule has 0 bridgehead atoms. The van der Waals surface area contributed by atoms with Gasteiger partial charge in [0.05, 0.1) is 18.6 Å². The van der Waals surface area contributed by atoms with Crippen LogP contribution in [0.1, 0.15) is 21.5 Å². The Balaban J connectivity index is 1.54. The number of carbonyl (C=O) groups is 2. The zero-order valence-corrected chi connectivity index (χ0v) is 19.1. The smallest absolute Gasteiger partial charge is 0.255 e. The van der Waals surface area contributed by atoms with Gasteiger partial charge in [-0.25, -0.2) is 0 Å². The van der Waals surface area contributed by atoms with Crippen LogP contribution < -0.4 is 15.4 Å². The van der Waals surface area contributed by atoms with Gasteiger partial charge in [-0.05, 0) is 61.9 Å². The number of thioether (sulfide) groups is 1. The SMILES string of the molecule is COc1cc(Cl)c(C)cc1NC(=O)CSc1ccc(NC(=O)c2ccc(C)cc2)cc1. The van der Waals surface area contributed by atoms with Crippen molar-refractivity contribution >= 4 is 46.6 Å². The van der Waals surface area contributed by atoms with Crippen molar-refractivity contribution in [1.29, 1.82) is 0 Å². The van der Waals surface area contributed by atoms with Crippen molar-refractivity contribution in [1.82, 2.24) is 0 Å². The summed E-state index contributed by atoms with van der Waals surface area (Å²) < 4.78 is 5.29. The van der Waals surface area contributed by atoms with Crippen LogP contribution in [0.15, 0.2) is 65.6 Å². The number of carbonyl (C=O) groups excluding carboxylic acids is 2. The largest absolute Gasteiger partial charge is 0.495 e. The molecule has 0 aliphatic heterocycles. The minimum atomic E-state index is -0.160. The maximum absolute atomic E-state index is 12.4. The van der Waals surface area contributed by atoms with Crippen molar-refractivity contribution in [2.24, 2.45) is 0 Å². The highest BCUT2D eigenvalue weighted by Crippen LogP contribution is 2.31. The van der Waals surface area contributed by atoms with Crippen molar-refractivity contribution in [2.75, 3.05) is 23.5 Å². The van der Waals surface area contributed by atoms with E-state index in [9.17, 15) is 9.59 Å². The van der Waals surface area contributed by atoms with Crippen LogP contribution in [0.5, 0.6) is 5.75 Å². The van der Waals surface area contributed by atoms with Gasteiger partial charge in [-0.1, -0.05) is 29.3 Å². The molecule has 160 valence electrons. The standard InChI is InChI=1S/C24H23ClN2O3S/c1-15-4-6-17(7-5-15)24(29)26-18-8-10-19(11-9-18)31-14-23(28)27-21-12-16(2)20(25)13-22(21)30-3/h4-13H,14H2,1-3H3,(H,26,29)(H,27,28). The number of amides is 2. The van der Waals surface area contributed by atoms with E-state index in [1.165, 1.54) is 18.9 Å². The van der Waals surface area contributed by atoms with E-state index in [4.69, 9.17) is 16.3 Å². The maximum atomic E-state index is 12.4. The summed E-state index contributed by atoms with van der Waals surface area (Å²) in [5.41, 5.74) is 3.85. The second-order valence-electron chi connectivity index (χ2n) is 6.98. The first-order valence-corrected chi connectivity index (χ1v) is 11.0. The van der Waals surface area contributed by atoms with Crippen molar-refractivity contribution in [2.45, 2.75) is 18.7 Å². The van der Waals surface area contributed by atoms with Crippen LogP contribution in [0.2, 0.25) is 5.02 Å². The Morgan fingerprint density at radius 2 is 1.65 bits per heavy atom. The van der Waals surface area contributed by atoms with Crippen LogP contribution in [0.4, 0.5) is 11.4 Å². The molecule has 7 heteroatoms. The first kappa shape index (κ1) is 22.7. The van der Waals surface area contributed by atoms with Crippen LogP contribution in [-0.2, 0) is 4.79 Å². The first-order valence-electron chi connectivity index (χ1n) is 9.60. The van der Waals surface area contributed by atoms with Crippen LogP contribution >= 0.6 is 23.4 Å². The number of anilines is 2. The summed E-state index contributed by atoms with van der Waals surface area (Å²) in [7, 11) is 1.53. The fraction of sp³-hybridized carbons (Fsp3) is 0.167. The molecule has 0 aromatic heterocycles. The quantitative estimate of drug-likeness (QED) is 0.433. The van der Waals surface area contributed by atoms with Crippen LogP contribution in [0.25, 0.3) is 0 Å². The molecule has 0 aliphatic carbocycles. The second kappa shape index (κ2) is 10.4. The molecule has 0 heterocycles. The average Bonchev–Trinajstić information content (AvgIpc) is 2.76. The number of methoxy groups -OCH3 is 1. The van der Waals surface area contributed by atoms with E-state index in [1.54, 1.807) is 24.3 Å². The Morgan fingerprint density at radius 3 is 2.29 bits per heavy atom. The van der Waals surface area contributed by atoms with E-state index >= 15 is 0 Å². The molecule has 0 unspecified atom stereocenters. The summed E-state index contributed by atoms with van der Waals surface area (Å²) in [5, 5.41) is 6.31. The molecular formula is C24H23ClN2O3S. The molecule has 2 amide bonds. The first-order chi connectivity index (χ1) is 14.9. The Hall–Kier alpha value is -2.96. The third-order valence-corrected chi connectivity index (χ3v) is 5.97. The van der Waals surface area contributed by atoms with E-state index < -0.39 is 0 Å². The molecule has 2 N–H and O–H groups in total. The van der Waals surface area contributed by atoms with Gasteiger partial charge in [-0.3, -0.25) is 9.59 Å². The van der Waals surface area contributed by atoms with Gasteiger partial charge in [0, 0.05) is 27.2 Å². The third-order valence-electron chi connectivity index (χ3n) is 4.55. The van der Waals surface area contributed by atoms with Crippen LogP contribution in [-0.4, -0.2) is 24.7 Å². The molecule has 0 aliphatic rings. The van der Waals surface area contributed by atoms with Crippen molar-refractivity contribution < 1.29 is 14.3 Å². The summed E-state index contributed by atoms with van der Waals surface area (Å²) in [6.45, 7) is 3.84. The highest BCUT2D eigenvalue weighted by Gasteiger charge is 2.11. The molecular weight excluding hydrogens is 432 g/mol. The Labute approximate surface area is 191 Å². The fourth-order valence-corrected chi connectivity index (χ4v) is 3.66. The van der Waals surface area contributed by atoms with Gasteiger partial charge in [0.1, 0.15) is 5.75 Å². The molecule has 0 spiro atoms. The molecule has 0 radical (unpaired) electrons. The number of hydrogen-bond donors (Lipinski definition) is 2. The van der Waals surface area contributed by atoms with Gasteiger partial charge in [0.25, 0.3) is 5.91 Å². The molecule has 0 saturated heterocycles. The maximum Gasteiger partial charge on any atom is 0.255 e. The molecule has 0 atom stereocenters. The van der Waals surface area contributed by atoms with Gasteiger partial charge < -0.3 is 15.4 Å². The van der Waals surface area contributed by atoms with Crippen molar-refractivity contribution in [3.63, 3.8) is 0 Å². The van der Waals surface area contributed by atoms with Gasteiger partial charge in [0.15, 0.2) is 0 Å². The van der Waals surface area contributed by atoms with Gasteiger partial charge in [0.2, 0.25) is 5.91 Å². The lowest BCUT2D eigenvalue weighted by molar-refractivity contribution is -0.113. The number of rotatable bonds is 7. The second-order valence-corrected chi connectivity index (χ2v) is 8.44. The zero-order valence-electron chi connectivity index (χ0n) is 17.5. The third kappa shape index (κ3) is 6.26. The lowest BCUT2D eigenvalue weighted by Gasteiger charge is -2.12. The predicted molar refractivity (Wildman–Crippen MR) is 128 cm³/mol. The number of nitrogens with one attached hydrogen (secondary N) is 2. The molecule has 3 aromatic carbocycles. The number of ether oxygens (including phenoxy) is 1. The normalized spacial score (nSPS) is 10.5. The van der Waals surface area contributed by atoms with E-state index in [0.29, 0.717) is 27.7 Å². The number of hydrogen-bond acceptors (Lipinski definition) is 4. The topological polar surface area (TPSA) is 67.4 Å². The molecule has 3 rings (SSSR count). The van der Waals surface area contributed by atoms with Crippen LogP contribution in [0.3, 0.4) is 0 Å². The summed E-state index contributed by atoms with van der Waals surface area (Å²) in [4.78, 5) is 25.6. The minimum absolute atomic E-state index is 0.151. The monoisotopic (exact) mass is 454 g/mol. The average molecular weight is 455 g/mol. The van der Waals surface area contributed by atoms with Crippen molar-refractivity contribution in [3.05, 3.63) is 82.4 Å². The highest BCUT2D eigenvalue weighted by molar-refractivity contribution is 8.00. The lowest BCUT2D eigenvalue weighted by Crippen LogP contribution is -2.15. The van der Waals surface area contributed by atoms with Gasteiger partial charge >= 0.3 is 0 Å². The van der Waals surface area contributed by atoms with E-state index in [1.807, 2.05) is 50.2 Å². The van der Waals surface area contributed by atoms with Crippen molar-refractivity contribution in [3.8, 4) is 5.75 Å². The summed E-state index contributed by atoms with van der Waals surface area (Å²) >= 11 is 7.51. The summed E-state index contributed by atoms with van der Waals surface area (Å²) in [5.74, 6) is 0.441. The van der Waals surface area contributed by atoms with E-state index in [2.05, 4.69) is 10.6 Å². The zero-order chi connectivity index (χ0) is 22.4.